The lowest BCUT2D eigenvalue weighted by Crippen LogP contribution is -2.30. The summed E-state index contributed by atoms with van der Waals surface area (Å²) in [7, 11) is 0. The fourth-order valence-corrected chi connectivity index (χ4v) is 2.52. The van der Waals surface area contributed by atoms with Gasteiger partial charge in [0.15, 0.2) is 0 Å². The number of carbonyl (C=O) groups is 1. The molecule has 2 amide bonds. The van der Waals surface area contributed by atoms with Gasteiger partial charge in [-0.05, 0) is 18.6 Å². The summed E-state index contributed by atoms with van der Waals surface area (Å²) in [5, 5.41) is 5.23. The Hall–Kier alpha value is -3.15. The van der Waals surface area contributed by atoms with E-state index in [1.165, 1.54) is 12.1 Å². The van der Waals surface area contributed by atoms with Crippen molar-refractivity contribution in [1.82, 2.24) is 14.9 Å². The van der Waals surface area contributed by atoms with Gasteiger partial charge >= 0.3 is 6.03 Å². The number of para-hydroxylation sites is 1. The molecule has 0 spiro atoms. The average molecular weight is 338 g/mol. The van der Waals surface area contributed by atoms with Crippen molar-refractivity contribution in [2.45, 2.75) is 13.0 Å². The molecule has 0 fully saturated rings. The smallest absolute Gasteiger partial charge is 0.319 e. The third-order valence-electron chi connectivity index (χ3n) is 3.73. The number of aromatic nitrogens is 2. The number of carbonyl (C=O) groups excluding carboxylic acids is 1. The molecule has 0 atom stereocenters. The van der Waals surface area contributed by atoms with Crippen LogP contribution in [0.5, 0.6) is 0 Å². The molecule has 0 saturated heterocycles. The second-order valence-electron chi connectivity index (χ2n) is 5.52. The van der Waals surface area contributed by atoms with Crippen molar-refractivity contribution in [3.8, 4) is 11.4 Å². The molecule has 0 aliphatic heterocycles. The summed E-state index contributed by atoms with van der Waals surface area (Å²) in [6, 6.07) is 15.6. The van der Waals surface area contributed by atoms with Gasteiger partial charge in [0.2, 0.25) is 0 Å². The van der Waals surface area contributed by atoms with Gasteiger partial charge in [-0.1, -0.05) is 42.5 Å². The van der Waals surface area contributed by atoms with Crippen molar-refractivity contribution in [1.29, 1.82) is 0 Å². The van der Waals surface area contributed by atoms with Crippen LogP contribution < -0.4 is 10.6 Å². The van der Waals surface area contributed by atoms with Gasteiger partial charge in [0, 0.05) is 31.0 Å². The summed E-state index contributed by atoms with van der Waals surface area (Å²) in [6.45, 7) is 1.21. The summed E-state index contributed by atoms with van der Waals surface area (Å²) in [5.74, 6) is 0.444. The zero-order valence-corrected chi connectivity index (χ0v) is 13.7. The molecule has 5 nitrogen and oxygen atoms in total. The Labute approximate surface area is 145 Å². The standard InChI is InChI=1S/C19H19FN4O/c20-16-9-4-5-10-17(16)23-19(25)22-11-6-13-24-14-12-21-18(24)15-7-2-1-3-8-15/h1-5,7-10,12,14H,6,11,13H2,(H2,22,23,25). The number of rotatable bonds is 6. The lowest BCUT2D eigenvalue weighted by Gasteiger charge is -2.10. The Balaban J connectivity index is 1.47. The minimum atomic E-state index is -0.455. The van der Waals surface area contributed by atoms with E-state index >= 15 is 0 Å². The first kappa shape index (κ1) is 16.7. The summed E-state index contributed by atoms with van der Waals surface area (Å²) in [5.41, 5.74) is 1.22. The third kappa shape index (κ3) is 4.44. The van der Waals surface area contributed by atoms with E-state index in [0.717, 1.165) is 24.4 Å². The highest BCUT2D eigenvalue weighted by molar-refractivity contribution is 5.89. The summed E-state index contributed by atoms with van der Waals surface area (Å²) in [4.78, 5) is 16.2. The number of hydrogen-bond donors (Lipinski definition) is 2. The molecule has 2 N–H and O–H groups in total. The van der Waals surface area contributed by atoms with Crippen LogP contribution in [0.2, 0.25) is 0 Å². The molecule has 0 aliphatic carbocycles. The van der Waals surface area contributed by atoms with Crippen LogP contribution in [0.15, 0.2) is 67.0 Å². The quantitative estimate of drug-likeness (QED) is 0.670. The fourth-order valence-electron chi connectivity index (χ4n) is 2.52. The summed E-state index contributed by atoms with van der Waals surface area (Å²) in [6.07, 6.45) is 4.42. The molecule has 0 bridgehead atoms. The van der Waals surface area contributed by atoms with Crippen LogP contribution in [0.1, 0.15) is 6.42 Å². The third-order valence-corrected chi connectivity index (χ3v) is 3.73. The maximum absolute atomic E-state index is 13.5. The van der Waals surface area contributed by atoms with Crippen LogP contribution in [-0.2, 0) is 6.54 Å². The number of amides is 2. The number of aryl methyl sites for hydroxylation is 1. The zero-order valence-electron chi connectivity index (χ0n) is 13.7. The molecule has 128 valence electrons. The van der Waals surface area contributed by atoms with E-state index < -0.39 is 11.8 Å². The molecule has 3 rings (SSSR count). The largest absolute Gasteiger partial charge is 0.338 e. The first-order chi connectivity index (χ1) is 12.2. The van der Waals surface area contributed by atoms with Crippen molar-refractivity contribution < 1.29 is 9.18 Å². The highest BCUT2D eigenvalue weighted by Gasteiger charge is 2.07. The van der Waals surface area contributed by atoms with Gasteiger partial charge in [-0.25, -0.2) is 14.2 Å². The lowest BCUT2D eigenvalue weighted by molar-refractivity contribution is 0.251. The van der Waals surface area contributed by atoms with E-state index in [1.54, 1.807) is 18.3 Å². The topological polar surface area (TPSA) is 59.0 Å². The van der Waals surface area contributed by atoms with Crippen LogP contribution >= 0.6 is 0 Å². The van der Waals surface area contributed by atoms with Crippen molar-refractivity contribution in [3.05, 3.63) is 72.8 Å². The van der Waals surface area contributed by atoms with E-state index in [1.807, 2.05) is 41.1 Å². The number of imidazole rings is 1. The van der Waals surface area contributed by atoms with E-state index in [4.69, 9.17) is 0 Å². The number of nitrogens with zero attached hydrogens (tertiary/aromatic N) is 2. The Morgan fingerprint density at radius 3 is 2.64 bits per heavy atom. The number of halogens is 1. The van der Waals surface area contributed by atoms with Gasteiger partial charge in [0.05, 0.1) is 5.69 Å². The molecule has 0 radical (unpaired) electrons. The molecule has 0 aliphatic rings. The van der Waals surface area contributed by atoms with Crippen LogP contribution in [0.25, 0.3) is 11.4 Å². The van der Waals surface area contributed by atoms with Gasteiger partial charge in [0.1, 0.15) is 11.6 Å². The predicted molar refractivity (Wildman–Crippen MR) is 95.7 cm³/mol. The molecular formula is C19H19FN4O. The van der Waals surface area contributed by atoms with E-state index in [9.17, 15) is 9.18 Å². The van der Waals surface area contributed by atoms with Gasteiger partial charge < -0.3 is 15.2 Å². The van der Waals surface area contributed by atoms with Crippen molar-refractivity contribution >= 4 is 11.7 Å². The lowest BCUT2D eigenvalue weighted by atomic mass is 10.2. The molecule has 3 aromatic rings. The minimum absolute atomic E-state index is 0.168. The van der Waals surface area contributed by atoms with Crippen LogP contribution in [0, 0.1) is 5.82 Å². The SMILES string of the molecule is O=C(NCCCn1ccnc1-c1ccccc1)Nc1ccccc1F. The van der Waals surface area contributed by atoms with Crippen molar-refractivity contribution in [2.75, 3.05) is 11.9 Å². The van der Waals surface area contributed by atoms with E-state index in [2.05, 4.69) is 15.6 Å². The molecule has 0 saturated carbocycles. The predicted octanol–water partition coefficient (Wildman–Crippen LogP) is 3.90. The maximum atomic E-state index is 13.5. The highest BCUT2D eigenvalue weighted by atomic mass is 19.1. The van der Waals surface area contributed by atoms with E-state index in [0.29, 0.717) is 6.54 Å². The van der Waals surface area contributed by atoms with Gasteiger partial charge in [-0.15, -0.1) is 0 Å². The number of hydrogen-bond acceptors (Lipinski definition) is 2. The van der Waals surface area contributed by atoms with Gasteiger partial charge in [-0.2, -0.15) is 0 Å². The van der Waals surface area contributed by atoms with Crippen LogP contribution in [-0.4, -0.2) is 22.1 Å². The zero-order chi connectivity index (χ0) is 17.5. The molecule has 6 heteroatoms. The van der Waals surface area contributed by atoms with Crippen molar-refractivity contribution in [2.24, 2.45) is 0 Å². The Morgan fingerprint density at radius 2 is 1.84 bits per heavy atom. The Bertz CT molecular complexity index is 832. The Morgan fingerprint density at radius 1 is 1.08 bits per heavy atom. The number of nitrogens with one attached hydrogen (secondary N) is 2. The van der Waals surface area contributed by atoms with Crippen LogP contribution in [0.4, 0.5) is 14.9 Å². The highest BCUT2D eigenvalue weighted by Crippen LogP contribution is 2.17. The fraction of sp³-hybridized carbons (Fsp3) is 0.158. The molecule has 25 heavy (non-hydrogen) atoms. The molecule has 2 aromatic carbocycles. The van der Waals surface area contributed by atoms with E-state index in [-0.39, 0.29) is 5.69 Å². The second-order valence-corrected chi connectivity index (χ2v) is 5.52. The first-order valence-electron chi connectivity index (χ1n) is 8.10. The number of anilines is 1. The number of urea groups is 1. The normalized spacial score (nSPS) is 10.4. The van der Waals surface area contributed by atoms with Gasteiger partial charge in [-0.3, -0.25) is 0 Å². The first-order valence-corrected chi connectivity index (χ1v) is 8.10. The average Bonchev–Trinajstić information content (AvgIpc) is 3.10. The second kappa shape index (κ2) is 8.10. The summed E-state index contributed by atoms with van der Waals surface area (Å²) < 4.78 is 15.5. The maximum Gasteiger partial charge on any atom is 0.319 e. The molecule has 1 heterocycles. The molecule has 1 aromatic heterocycles. The molecular weight excluding hydrogens is 319 g/mol. The van der Waals surface area contributed by atoms with Crippen LogP contribution in [0.3, 0.4) is 0 Å². The Kier molecular flexibility index (Phi) is 5.41. The molecule has 0 unspecified atom stereocenters. The van der Waals surface area contributed by atoms with Crippen molar-refractivity contribution in [3.63, 3.8) is 0 Å². The monoisotopic (exact) mass is 338 g/mol. The minimum Gasteiger partial charge on any atom is -0.338 e. The summed E-state index contributed by atoms with van der Waals surface area (Å²) >= 11 is 0. The van der Waals surface area contributed by atoms with Gasteiger partial charge in [0.25, 0.3) is 0 Å². The number of benzene rings is 2.